The molecule has 94 valence electrons. The number of phenols is 1. The van der Waals surface area contributed by atoms with E-state index < -0.39 is 5.66 Å². The Balaban J connectivity index is 2.14. The number of rotatable bonds is 2. The zero-order valence-electron chi connectivity index (χ0n) is 10.0. The Labute approximate surface area is 114 Å². The molecule has 0 spiro atoms. The lowest BCUT2D eigenvalue weighted by Crippen LogP contribution is -2.23. The van der Waals surface area contributed by atoms with Crippen LogP contribution in [0.1, 0.15) is 25.3 Å². The highest BCUT2D eigenvalue weighted by atomic mass is 79.9. The van der Waals surface area contributed by atoms with Gasteiger partial charge in [0.1, 0.15) is 11.6 Å². The largest absolute Gasteiger partial charge is 0.507 e. The molecule has 1 aliphatic carbocycles. The molecule has 1 aromatic rings. The van der Waals surface area contributed by atoms with Crippen LogP contribution in [0.25, 0.3) is 0 Å². The van der Waals surface area contributed by atoms with E-state index in [4.69, 9.17) is 5.73 Å². The van der Waals surface area contributed by atoms with Gasteiger partial charge in [0.05, 0.1) is 10.2 Å². The summed E-state index contributed by atoms with van der Waals surface area (Å²) in [6.07, 6.45) is 2.23. The molecule has 3 N–H and O–H groups in total. The molecule has 0 radical (unpaired) electrons. The molecule has 0 aromatic heterocycles. The quantitative estimate of drug-likeness (QED) is 0.881. The van der Waals surface area contributed by atoms with E-state index in [1.165, 1.54) is 0 Å². The number of aromatic hydroxyl groups is 1. The van der Waals surface area contributed by atoms with Gasteiger partial charge in [-0.2, -0.15) is 0 Å². The Hall–Kier alpha value is -1.36. The molecule has 18 heavy (non-hydrogen) atoms. The van der Waals surface area contributed by atoms with Gasteiger partial charge in [-0.05, 0) is 47.8 Å². The summed E-state index contributed by atoms with van der Waals surface area (Å²) >= 11 is 3.34. The van der Waals surface area contributed by atoms with Crippen molar-refractivity contribution in [3.8, 4) is 5.75 Å². The molecule has 0 saturated heterocycles. The Kier molecular flexibility index (Phi) is 2.48. The zero-order valence-corrected chi connectivity index (χ0v) is 11.6. The Morgan fingerprint density at radius 2 is 2.11 bits per heavy atom. The molecule has 5 heteroatoms. The highest BCUT2D eigenvalue weighted by Gasteiger charge is 2.49. The molecule has 1 aliphatic heterocycles. The minimum atomic E-state index is -0.565. The molecular weight excluding hydrogens is 294 g/mol. The van der Waals surface area contributed by atoms with E-state index in [1.54, 1.807) is 6.07 Å². The van der Waals surface area contributed by atoms with Crippen molar-refractivity contribution in [2.24, 2.45) is 21.6 Å². The number of hydrogen-bond acceptors (Lipinski definition) is 4. The summed E-state index contributed by atoms with van der Waals surface area (Å²) in [6, 6.07) is 5.42. The van der Waals surface area contributed by atoms with Crippen molar-refractivity contribution in [1.82, 2.24) is 0 Å². The SMILES string of the molecule is CC1=NC(c2ccc(O)c(Br)c2)(C2CC2)N=C1N. The molecule has 4 nitrogen and oxygen atoms in total. The second-order valence-electron chi connectivity index (χ2n) is 4.86. The molecule has 2 aliphatic rings. The second-order valence-corrected chi connectivity index (χ2v) is 5.72. The number of aliphatic imine (C=N–C) groups is 2. The van der Waals surface area contributed by atoms with E-state index in [2.05, 4.69) is 25.9 Å². The third-order valence-corrected chi connectivity index (χ3v) is 4.15. The van der Waals surface area contributed by atoms with Crippen molar-refractivity contribution in [1.29, 1.82) is 0 Å². The smallest absolute Gasteiger partial charge is 0.181 e. The highest BCUT2D eigenvalue weighted by molar-refractivity contribution is 9.10. The molecule has 1 atom stereocenters. The summed E-state index contributed by atoms with van der Waals surface area (Å²) in [6.45, 7) is 1.89. The van der Waals surface area contributed by atoms with Crippen molar-refractivity contribution in [3.05, 3.63) is 28.2 Å². The normalized spacial score (nSPS) is 27.0. The van der Waals surface area contributed by atoms with Crippen molar-refractivity contribution >= 4 is 27.5 Å². The Morgan fingerprint density at radius 1 is 1.39 bits per heavy atom. The summed E-state index contributed by atoms with van der Waals surface area (Å²) in [5.41, 5.74) is 7.10. The molecule has 1 saturated carbocycles. The van der Waals surface area contributed by atoms with E-state index in [9.17, 15) is 5.11 Å². The summed E-state index contributed by atoms with van der Waals surface area (Å²) < 4.78 is 0.661. The van der Waals surface area contributed by atoms with Crippen molar-refractivity contribution in [2.45, 2.75) is 25.4 Å². The minimum absolute atomic E-state index is 0.223. The molecule has 1 heterocycles. The first-order valence-electron chi connectivity index (χ1n) is 5.94. The van der Waals surface area contributed by atoms with E-state index in [-0.39, 0.29) is 5.75 Å². The predicted molar refractivity (Wildman–Crippen MR) is 74.9 cm³/mol. The lowest BCUT2D eigenvalue weighted by molar-refractivity contribution is 0.414. The van der Waals surface area contributed by atoms with Gasteiger partial charge >= 0.3 is 0 Å². The van der Waals surface area contributed by atoms with Crippen LogP contribution in [0.15, 0.2) is 32.7 Å². The van der Waals surface area contributed by atoms with Crippen LogP contribution in [0.5, 0.6) is 5.75 Å². The van der Waals surface area contributed by atoms with Crippen LogP contribution >= 0.6 is 15.9 Å². The molecule has 3 rings (SSSR count). The molecule has 1 unspecified atom stereocenters. The summed E-state index contributed by atoms with van der Waals surface area (Å²) in [4.78, 5) is 9.28. The van der Waals surface area contributed by atoms with Crippen LogP contribution in [0.4, 0.5) is 0 Å². The zero-order chi connectivity index (χ0) is 12.9. The average molecular weight is 308 g/mol. The maximum Gasteiger partial charge on any atom is 0.181 e. The Morgan fingerprint density at radius 3 is 2.61 bits per heavy atom. The second kappa shape index (κ2) is 3.82. The first-order valence-corrected chi connectivity index (χ1v) is 6.73. The molecule has 0 bridgehead atoms. The highest BCUT2D eigenvalue weighted by Crippen LogP contribution is 2.51. The maximum atomic E-state index is 9.59. The van der Waals surface area contributed by atoms with Gasteiger partial charge in [-0.1, -0.05) is 6.07 Å². The third-order valence-electron chi connectivity index (χ3n) is 3.52. The summed E-state index contributed by atoms with van der Waals surface area (Å²) in [7, 11) is 0. The average Bonchev–Trinajstić information content (AvgIpc) is 3.12. The van der Waals surface area contributed by atoms with Crippen LogP contribution in [0.3, 0.4) is 0 Å². The van der Waals surface area contributed by atoms with Crippen LogP contribution < -0.4 is 5.73 Å². The first-order chi connectivity index (χ1) is 8.53. The molecular formula is C13H14BrN3O. The first kappa shape index (κ1) is 11.7. The van der Waals surface area contributed by atoms with E-state index in [1.807, 2.05) is 19.1 Å². The van der Waals surface area contributed by atoms with E-state index >= 15 is 0 Å². The molecule has 1 fully saturated rings. The third kappa shape index (κ3) is 1.65. The topological polar surface area (TPSA) is 71.0 Å². The number of phenolic OH excluding ortho intramolecular Hbond substituents is 1. The van der Waals surface area contributed by atoms with Gasteiger partial charge < -0.3 is 10.8 Å². The van der Waals surface area contributed by atoms with Gasteiger partial charge in [0.2, 0.25) is 0 Å². The fourth-order valence-electron chi connectivity index (χ4n) is 2.37. The van der Waals surface area contributed by atoms with Gasteiger partial charge in [-0.15, -0.1) is 0 Å². The van der Waals surface area contributed by atoms with Crippen LogP contribution in [0, 0.1) is 5.92 Å². The molecule has 1 aromatic carbocycles. The van der Waals surface area contributed by atoms with Crippen LogP contribution in [-0.4, -0.2) is 16.7 Å². The predicted octanol–water partition coefficient (Wildman–Crippen LogP) is 2.55. The van der Waals surface area contributed by atoms with Crippen LogP contribution in [0.2, 0.25) is 0 Å². The number of hydrogen-bond donors (Lipinski definition) is 2. The Bertz CT molecular complexity index is 558. The standard InChI is InChI=1S/C13H14BrN3O/c1-7-12(15)17-13(16-7,8-2-3-8)9-4-5-11(18)10(14)6-9/h4-6,8,18H,2-3H2,1H3,(H2,15,17). The van der Waals surface area contributed by atoms with Gasteiger partial charge in [-0.3, -0.25) is 4.99 Å². The minimum Gasteiger partial charge on any atom is -0.507 e. The fraction of sp³-hybridized carbons (Fsp3) is 0.385. The lowest BCUT2D eigenvalue weighted by atomic mass is 9.95. The fourth-order valence-corrected chi connectivity index (χ4v) is 2.75. The van der Waals surface area contributed by atoms with Gasteiger partial charge in [0.25, 0.3) is 0 Å². The van der Waals surface area contributed by atoms with Gasteiger partial charge in [0, 0.05) is 11.5 Å². The van der Waals surface area contributed by atoms with Crippen molar-refractivity contribution in [3.63, 3.8) is 0 Å². The van der Waals surface area contributed by atoms with Crippen molar-refractivity contribution < 1.29 is 5.11 Å². The lowest BCUT2D eigenvalue weighted by Gasteiger charge is -2.23. The van der Waals surface area contributed by atoms with Gasteiger partial charge in [-0.25, -0.2) is 4.99 Å². The van der Waals surface area contributed by atoms with Crippen molar-refractivity contribution in [2.75, 3.05) is 0 Å². The monoisotopic (exact) mass is 307 g/mol. The van der Waals surface area contributed by atoms with Gasteiger partial charge in [0.15, 0.2) is 5.66 Å². The molecule has 0 amide bonds. The van der Waals surface area contributed by atoms with E-state index in [0.717, 1.165) is 24.1 Å². The number of nitrogens with zero attached hydrogens (tertiary/aromatic N) is 2. The number of benzene rings is 1. The van der Waals surface area contributed by atoms with E-state index in [0.29, 0.717) is 16.2 Å². The maximum absolute atomic E-state index is 9.59. The van der Waals surface area contributed by atoms with Crippen LogP contribution in [-0.2, 0) is 5.66 Å². The summed E-state index contributed by atoms with van der Waals surface area (Å²) in [5.74, 6) is 1.16. The number of nitrogens with two attached hydrogens (primary N) is 1. The summed E-state index contributed by atoms with van der Waals surface area (Å²) in [5, 5.41) is 9.59. The number of halogens is 1. The number of amidine groups is 1.